The van der Waals surface area contributed by atoms with Crippen LogP contribution in [0.2, 0.25) is 0 Å². The van der Waals surface area contributed by atoms with E-state index in [-0.39, 0.29) is 5.91 Å². The summed E-state index contributed by atoms with van der Waals surface area (Å²) in [4.78, 5) is 20.0. The van der Waals surface area contributed by atoms with Crippen molar-refractivity contribution in [2.45, 2.75) is 19.4 Å². The predicted octanol–water partition coefficient (Wildman–Crippen LogP) is 5.09. The number of hydrogen-bond acceptors (Lipinski definition) is 3. The van der Waals surface area contributed by atoms with Crippen molar-refractivity contribution in [3.8, 4) is 11.4 Å². The number of aromatic nitrogens is 2. The van der Waals surface area contributed by atoms with Gasteiger partial charge in [0.25, 0.3) is 5.91 Å². The number of carbonyl (C=O) groups is 1. The number of rotatable bonds is 5. The number of carbonyl (C=O) groups excluding carboxylic acids is 1. The summed E-state index contributed by atoms with van der Waals surface area (Å²) in [6.07, 6.45) is 2.54. The second-order valence-corrected chi connectivity index (χ2v) is 8.20. The maximum absolute atomic E-state index is 12.8. The Morgan fingerprint density at radius 1 is 0.968 bits per heavy atom. The normalized spacial score (nSPS) is 14.2. The van der Waals surface area contributed by atoms with Crippen LogP contribution in [0.3, 0.4) is 0 Å². The van der Waals surface area contributed by atoms with Crippen LogP contribution in [0.1, 0.15) is 28.8 Å². The van der Waals surface area contributed by atoms with Crippen molar-refractivity contribution < 1.29 is 4.79 Å². The van der Waals surface area contributed by atoms with Crippen molar-refractivity contribution in [1.82, 2.24) is 14.5 Å². The smallest absolute Gasteiger partial charge is 0.255 e. The van der Waals surface area contributed by atoms with E-state index in [4.69, 9.17) is 4.98 Å². The van der Waals surface area contributed by atoms with Gasteiger partial charge in [0, 0.05) is 30.4 Å². The van der Waals surface area contributed by atoms with Crippen molar-refractivity contribution in [3.05, 3.63) is 83.9 Å². The van der Waals surface area contributed by atoms with Gasteiger partial charge in [-0.3, -0.25) is 9.69 Å². The Bertz CT molecular complexity index is 1220. The Morgan fingerprint density at radius 3 is 2.52 bits per heavy atom. The predicted molar refractivity (Wildman–Crippen MR) is 125 cm³/mol. The van der Waals surface area contributed by atoms with Crippen LogP contribution in [0.5, 0.6) is 0 Å². The van der Waals surface area contributed by atoms with E-state index in [1.165, 1.54) is 18.4 Å². The van der Waals surface area contributed by atoms with Crippen molar-refractivity contribution in [2.24, 2.45) is 7.05 Å². The Hall–Kier alpha value is -3.44. The summed E-state index contributed by atoms with van der Waals surface area (Å²) in [5.74, 6) is 0.826. The van der Waals surface area contributed by atoms with E-state index in [1.807, 2.05) is 67.7 Å². The highest BCUT2D eigenvalue weighted by Gasteiger charge is 2.14. The largest absolute Gasteiger partial charge is 0.327 e. The quantitative estimate of drug-likeness (QED) is 0.499. The fourth-order valence-corrected chi connectivity index (χ4v) is 4.32. The van der Waals surface area contributed by atoms with E-state index in [2.05, 4.69) is 26.9 Å². The van der Waals surface area contributed by atoms with Gasteiger partial charge in [0.05, 0.1) is 11.0 Å². The number of nitrogens with zero attached hydrogens (tertiary/aromatic N) is 3. The molecular formula is C26H26N4O. The summed E-state index contributed by atoms with van der Waals surface area (Å²) in [5, 5.41) is 3.02. The molecule has 5 nitrogen and oxygen atoms in total. The molecule has 1 aliphatic heterocycles. The maximum atomic E-state index is 12.8. The van der Waals surface area contributed by atoms with Gasteiger partial charge in [0.1, 0.15) is 5.82 Å². The molecule has 0 radical (unpaired) electrons. The van der Waals surface area contributed by atoms with Crippen molar-refractivity contribution in [1.29, 1.82) is 0 Å². The third kappa shape index (κ3) is 4.09. The molecule has 3 aromatic carbocycles. The van der Waals surface area contributed by atoms with Gasteiger partial charge < -0.3 is 9.88 Å². The first-order valence-electron chi connectivity index (χ1n) is 10.8. The van der Waals surface area contributed by atoms with Crippen LogP contribution < -0.4 is 5.32 Å². The third-order valence-corrected chi connectivity index (χ3v) is 5.98. The summed E-state index contributed by atoms with van der Waals surface area (Å²) >= 11 is 0. The number of aryl methyl sites for hydroxylation is 1. The number of nitrogens with one attached hydrogen (secondary N) is 1. The van der Waals surface area contributed by atoms with E-state index in [0.717, 1.165) is 47.7 Å². The van der Waals surface area contributed by atoms with Crippen molar-refractivity contribution in [3.63, 3.8) is 0 Å². The third-order valence-electron chi connectivity index (χ3n) is 5.98. The van der Waals surface area contributed by atoms with E-state index >= 15 is 0 Å². The van der Waals surface area contributed by atoms with Crippen molar-refractivity contribution in [2.75, 3.05) is 18.4 Å². The molecule has 0 aliphatic carbocycles. The van der Waals surface area contributed by atoms with E-state index in [9.17, 15) is 4.79 Å². The van der Waals surface area contributed by atoms with E-state index < -0.39 is 0 Å². The molecule has 1 aliphatic rings. The van der Waals surface area contributed by atoms with E-state index in [0.29, 0.717) is 5.56 Å². The molecule has 5 rings (SSSR count). The minimum absolute atomic E-state index is 0.0845. The average molecular weight is 411 g/mol. The van der Waals surface area contributed by atoms with Gasteiger partial charge in [-0.1, -0.05) is 24.3 Å². The molecule has 1 aromatic heterocycles. The lowest BCUT2D eigenvalue weighted by Gasteiger charge is -2.15. The van der Waals surface area contributed by atoms with Gasteiger partial charge >= 0.3 is 0 Å². The standard InChI is InChI=1S/C26H26N4O/c1-29-24-10-3-2-9-23(24)28-25(29)20-11-13-22(14-12-20)27-26(31)21-8-6-7-19(17-21)18-30-15-4-5-16-30/h2-3,6-14,17H,4-5,15-16,18H2,1H3,(H,27,31). The number of fused-ring (bicyclic) bond motifs is 1. The molecule has 0 saturated carbocycles. The number of para-hydroxylation sites is 2. The fraction of sp³-hybridized carbons (Fsp3) is 0.231. The maximum Gasteiger partial charge on any atom is 0.255 e. The molecule has 0 unspecified atom stereocenters. The molecule has 2 heterocycles. The zero-order valence-electron chi connectivity index (χ0n) is 17.7. The Labute approximate surface area is 182 Å². The fourth-order valence-electron chi connectivity index (χ4n) is 4.32. The van der Waals surface area contributed by atoms with Crippen LogP contribution in [0.25, 0.3) is 22.4 Å². The van der Waals surface area contributed by atoms with E-state index in [1.54, 1.807) is 0 Å². The van der Waals surface area contributed by atoms with Gasteiger partial charge in [0.2, 0.25) is 0 Å². The minimum Gasteiger partial charge on any atom is -0.327 e. The Kier molecular flexibility index (Phi) is 5.26. The molecular weight excluding hydrogens is 384 g/mol. The molecule has 156 valence electrons. The number of likely N-dealkylation sites (tertiary alicyclic amines) is 1. The van der Waals surface area contributed by atoms with Crippen LogP contribution in [-0.4, -0.2) is 33.4 Å². The second kappa shape index (κ2) is 8.36. The summed E-state index contributed by atoms with van der Waals surface area (Å²) in [6.45, 7) is 3.20. The zero-order valence-corrected chi connectivity index (χ0v) is 17.7. The monoisotopic (exact) mass is 410 g/mol. The SMILES string of the molecule is Cn1c(-c2ccc(NC(=O)c3cccc(CN4CCCC4)c3)cc2)nc2ccccc21. The molecule has 1 saturated heterocycles. The molecule has 31 heavy (non-hydrogen) atoms. The molecule has 0 spiro atoms. The van der Waals surface area contributed by atoms with Crippen LogP contribution in [-0.2, 0) is 13.6 Å². The van der Waals surface area contributed by atoms with Crippen LogP contribution in [0.15, 0.2) is 72.8 Å². The summed E-state index contributed by atoms with van der Waals surface area (Å²) in [5.41, 5.74) is 5.75. The van der Waals surface area contributed by atoms with Crippen LogP contribution in [0.4, 0.5) is 5.69 Å². The Balaban J connectivity index is 1.30. The molecule has 1 amide bonds. The first-order valence-corrected chi connectivity index (χ1v) is 10.8. The lowest BCUT2D eigenvalue weighted by molar-refractivity contribution is 0.102. The zero-order chi connectivity index (χ0) is 21.2. The van der Waals surface area contributed by atoms with Gasteiger partial charge in [-0.15, -0.1) is 0 Å². The summed E-state index contributed by atoms with van der Waals surface area (Å²) < 4.78 is 2.09. The number of benzene rings is 3. The molecule has 0 bridgehead atoms. The van der Waals surface area contributed by atoms with Gasteiger partial charge in [-0.25, -0.2) is 4.98 Å². The van der Waals surface area contributed by atoms with Gasteiger partial charge in [-0.05, 0) is 80.0 Å². The Morgan fingerprint density at radius 2 is 1.74 bits per heavy atom. The van der Waals surface area contributed by atoms with Crippen LogP contribution >= 0.6 is 0 Å². The van der Waals surface area contributed by atoms with Crippen molar-refractivity contribution >= 4 is 22.6 Å². The van der Waals surface area contributed by atoms with Gasteiger partial charge in [-0.2, -0.15) is 0 Å². The summed E-state index contributed by atoms with van der Waals surface area (Å²) in [6, 6.07) is 23.9. The number of hydrogen-bond donors (Lipinski definition) is 1. The summed E-state index contributed by atoms with van der Waals surface area (Å²) in [7, 11) is 2.02. The molecule has 1 N–H and O–H groups in total. The number of imidazole rings is 1. The lowest BCUT2D eigenvalue weighted by atomic mass is 10.1. The van der Waals surface area contributed by atoms with Crippen LogP contribution in [0, 0.1) is 0 Å². The minimum atomic E-state index is -0.0845. The first-order chi connectivity index (χ1) is 15.2. The first kappa shape index (κ1) is 19.5. The highest BCUT2D eigenvalue weighted by molar-refractivity contribution is 6.04. The topological polar surface area (TPSA) is 50.2 Å². The molecule has 4 aromatic rings. The average Bonchev–Trinajstić information content (AvgIpc) is 3.43. The highest BCUT2D eigenvalue weighted by atomic mass is 16.1. The van der Waals surface area contributed by atoms with Gasteiger partial charge in [0.15, 0.2) is 0 Å². The molecule has 1 fully saturated rings. The number of anilines is 1. The molecule has 5 heteroatoms. The number of amides is 1. The highest BCUT2D eigenvalue weighted by Crippen LogP contribution is 2.25. The second-order valence-electron chi connectivity index (χ2n) is 8.20. The lowest BCUT2D eigenvalue weighted by Crippen LogP contribution is -2.19. The molecule has 0 atom stereocenters.